The van der Waals surface area contributed by atoms with Crippen LogP contribution in [0.15, 0.2) is 18.2 Å². The Hall–Kier alpha value is -1.59. The van der Waals surface area contributed by atoms with Crippen molar-refractivity contribution in [3.05, 3.63) is 35.1 Å². The van der Waals surface area contributed by atoms with Crippen molar-refractivity contribution in [3.63, 3.8) is 0 Å². The topological polar surface area (TPSA) is 29.1 Å². The van der Waals surface area contributed by atoms with E-state index in [1.54, 1.807) is 0 Å². The third kappa shape index (κ3) is 2.93. The van der Waals surface area contributed by atoms with Gasteiger partial charge in [-0.2, -0.15) is 13.2 Å². The maximum atomic E-state index is 12.8. The molecule has 1 N–H and O–H groups in total. The highest BCUT2D eigenvalue weighted by atomic mass is 19.4. The van der Waals surface area contributed by atoms with Crippen molar-refractivity contribution < 1.29 is 22.4 Å². The number of alkyl halides is 3. The Morgan fingerprint density at radius 1 is 1.33 bits per heavy atom. The van der Waals surface area contributed by atoms with Gasteiger partial charge >= 0.3 is 12.6 Å². The zero-order chi connectivity index (χ0) is 11.5. The van der Waals surface area contributed by atoms with Crippen molar-refractivity contribution in [3.8, 4) is 0 Å². The Balaban J connectivity index is 3.00. The minimum absolute atomic E-state index is 0.118. The summed E-state index contributed by atoms with van der Waals surface area (Å²) in [5, 5.41) is 2.07. The Bertz CT molecular complexity index is 362. The lowest BCUT2D eigenvalue weighted by Crippen LogP contribution is -2.13. The Morgan fingerprint density at radius 3 is 2.53 bits per heavy atom. The van der Waals surface area contributed by atoms with Crippen molar-refractivity contribution in [2.75, 3.05) is 0 Å². The van der Waals surface area contributed by atoms with E-state index in [2.05, 4.69) is 5.32 Å². The highest BCUT2D eigenvalue weighted by Gasteiger charge is 2.34. The van der Waals surface area contributed by atoms with Gasteiger partial charge in [0, 0.05) is 6.54 Å². The molecule has 0 bridgehead atoms. The van der Waals surface area contributed by atoms with Crippen molar-refractivity contribution in [1.29, 1.82) is 0 Å². The number of nitrogens with one attached hydrogen (secondary N) is 1. The first-order chi connectivity index (χ1) is 6.95. The summed E-state index contributed by atoms with van der Waals surface area (Å²) in [5.41, 5.74) is -1.18. The molecule has 1 amide bonds. The normalized spacial score (nSPS) is 11.2. The third-order valence-corrected chi connectivity index (χ3v) is 1.70. The van der Waals surface area contributed by atoms with E-state index < -0.39 is 17.6 Å². The molecule has 1 radical (unpaired) electrons. The van der Waals surface area contributed by atoms with Crippen LogP contribution in [-0.4, -0.2) is 6.41 Å². The summed E-state index contributed by atoms with van der Waals surface area (Å²) < 4.78 is 49.4. The average molecular weight is 220 g/mol. The van der Waals surface area contributed by atoms with E-state index in [-0.39, 0.29) is 12.1 Å². The highest BCUT2D eigenvalue weighted by molar-refractivity contribution is 5.47. The van der Waals surface area contributed by atoms with E-state index in [1.807, 2.05) is 0 Å². The molecular weight excluding hydrogens is 214 g/mol. The van der Waals surface area contributed by atoms with Gasteiger partial charge in [0.15, 0.2) is 0 Å². The molecule has 1 aromatic carbocycles. The highest BCUT2D eigenvalue weighted by Crippen LogP contribution is 2.31. The van der Waals surface area contributed by atoms with Gasteiger partial charge < -0.3 is 5.32 Å². The van der Waals surface area contributed by atoms with Crippen LogP contribution in [0.1, 0.15) is 11.1 Å². The molecule has 0 aliphatic rings. The number of halogens is 4. The van der Waals surface area contributed by atoms with Crippen LogP contribution in [0.2, 0.25) is 0 Å². The maximum Gasteiger partial charge on any atom is 0.419 e. The molecule has 0 spiro atoms. The second-order valence-electron chi connectivity index (χ2n) is 2.77. The fraction of sp³-hybridized carbons (Fsp3) is 0.222. The predicted molar refractivity (Wildman–Crippen MR) is 43.9 cm³/mol. The standard InChI is InChI=1S/C9H6F4NO/c10-8-2-1-6(4-14-5-15)3-7(8)9(11,12)13/h1-3H,4H2,(H,14,15). The molecule has 15 heavy (non-hydrogen) atoms. The molecule has 0 aromatic heterocycles. The first-order valence-electron chi connectivity index (χ1n) is 3.91. The lowest BCUT2D eigenvalue weighted by molar-refractivity contribution is -0.140. The fourth-order valence-corrected chi connectivity index (χ4v) is 1.04. The molecule has 2 nitrogen and oxygen atoms in total. The van der Waals surface area contributed by atoms with Crippen LogP contribution in [0.3, 0.4) is 0 Å². The van der Waals surface area contributed by atoms with E-state index >= 15 is 0 Å². The number of hydrogen-bond donors (Lipinski definition) is 1. The van der Waals surface area contributed by atoms with Crippen LogP contribution in [0.5, 0.6) is 0 Å². The molecule has 0 saturated heterocycles. The van der Waals surface area contributed by atoms with Gasteiger partial charge in [-0.3, -0.25) is 4.79 Å². The second-order valence-corrected chi connectivity index (χ2v) is 2.77. The molecule has 0 aliphatic heterocycles. The number of benzene rings is 1. The quantitative estimate of drug-likeness (QED) is 0.612. The van der Waals surface area contributed by atoms with Gasteiger partial charge in [0.25, 0.3) is 0 Å². The van der Waals surface area contributed by atoms with Crippen LogP contribution in [0, 0.1) is 5.82 Å². The summed E-state index contributed by atoms with van der Waals surface area (Å²) >= 11 is 0. The molecule has 81 valence electrons. The van der Waals surface area contributed by atoms with E-state index in [9.17, 15) is 22.4 Å². The fourth-order valence-electron chi connectivity index (χ4n) is 1.04. The lowest BCUT2D eigenvalue weighted by atomic mass is 10.1. The number of carbonyl (C=O) groups excluding carboxylic acids is 1. The zero-order valence-corrected chi connectivity index (χ0v) is 7.36. The average Bonchev–Trinajstić information content (AvgIpc) is 2.15. The lowest BCUT2D eigenvalue weighted by Gasteiger charge is -2.09. The molecule has 0 unspecified atom stereocenters. The van der Waals surface area contributed by atoms with E-state index in [4.69, 9.17) is 0 Å². The molecule has 1 aromatic rings. The SMILES string of the molecule is O=[C]NCc1ccc(F)c(C(F)(F)F)c1. The van der Waals surface area contributed by atoms with Crippen LogP contribution < -0.4 is 5.32 Å². The smallest absolute Gasteiger partial charge is 0.344 e. The van der Waals surface area contributed by atoms with E-state index in [0.717, 1.165) is 6.07 Å². The van der Waals surface area contributed by atoms with Crippen LogP contribution in [0.25, 0.3) is 0 Å². The summed E-state index contributed by atoms with van der Waals surface area (Å²) in [6.45, 7) is -0.118. The summed E-state index contributed by atoms with van der Waals surface area (Å²) in [6.07, 6.45) is -3.42. The second kappa shape index (κ2) is 4.29. The van der Waals surface area contributed by atoms with Gasteiger partial charge in [-0.25, -0.2) is 4.39 Å². The van der Waals surface area contributed by atoms with Gasteiger partial charge in [-0.1, -0.05) is 6.07 Å². The molecule has 0 saturated carbocycles. The summed E-state index contributed by atoms with van der Waals surface area (Å²) in [7, 11) is 0. The molecular formula is C9H6F4NO. The van der Waals surface area contributed by atoms with Crippen LogP contribution in [-0.2, 0) is 17.5 Å². The van der Waals surface area contributed by atoms with E-state index in [1.165, 1.54) is 6.41 Å². The number of amides is 1. The van der Waals surface area contributed by atoms with Crippen LogP contribution >= 0.6 is 0 Å². The molecule has 0 fully saturated rings. The Labute approximate surface area is 82.9 Å². The van der Waals surface area contributed by atoms with Crippen molar-refractivity contribution in [2.45, 2.75) is 12.7 Å². The van der Waals surface area contributed by atoms with Gasteiger partial charge in [0.1, 0.15) is 5.82 Å². The van der Waals surface area contributed by atoms with Crippen LogP contribution in [0.4, 0.5) is 17.6 Å². The Morgan fingerprint density at radius 2 is 2.00 bits per heavy atom. The minimum atomic E-state index is -4.73. The molecule has 0 atom stereocenters. The summed E-state index contributed by atoms with van der Waals surface area (Å²) in [4.78, 5) is 9.79. The predicted octanol–water partition coefficient (Wildman–Crippen LogP) is 2.00. The monoisotopic (exact) mass is 220 g/mol. The Kier molecular flexibility index (Phi) is 3.28. The molecule has 6 heteroatoms. The van der Waals surface area contributed by atoms with Crippen molar-refractivity contribution in [2.24, 2.45) is 0 Å². The largest absolute Gasteiger partial charge is 0.419 e. The van der Waals surface area contributed by atoms with E-state index in [0.29, 0.717) is 12.1 Å². The first-order valence-corrected chi connectivity index (χ1v) is 3.91. The third-order valence-electron chi connectivity index (χ3n) is 1.70. The van der Waals surface area contributed by atoms with Gasteiger partial charge in [-0.15, -0.1) is 0 Å². The van der Waals surface area contributed by atoms with Gasteiger partial charge in [-0.05, 0) is 17.7 Å². The zero-order valence-electron chi connectivity index (χ0n) is 7.36. The van der Waals surface area contributed by atoms with Crippen molar-refractivity contribution in [1.82, 2.24) is 5.32 Å². The van der Waals surface area contributed by atoms with Gasteiger partial charge in [0.2, 0.25) is 0 Å². The summed E-state index contributed by atoms with van der Waals surface area (Å²) in [6, 6.07) is 2.53. The number of hydrogen-bond acceptors (Lipinski definition) is 1. The molecule has 0 aliphatic carbocycles. The van der Waals surface area contributed by atoms with Gasteiger partial charge in [0.05, 0.1) is 5.56 Å². The molecule has 0 heterocycles. The first kappa shape index (κ1) is 11.5. The minimum Gasteiger partial charge on any atom is -0.344 e. The maximum absolute atomic E-state index is 12.8. The summed E-state index contributed by atoms with van der Waals surface area (Å²) in [5.74, 6) is -1.33. The molecule has 1 rings (SSSR count). The van der Waals surface area contributed by atoms with Crippen molar-refractivity contribution >= 4 is 6.41 Å². The number of rotatable bonds is 3.